The molecule has 0 atom stereocenters. The van der Waals surface area contributed by atoms with E-state index in [9.17, 15) is 0 Å². The van der Waals surface area contributed by atoms with Crippen LogP contribution in [0.15, 0.2) is 12.3 Å². The van der Waals surface area contributed by atoms with E-state index in [4.69, 9.17) is 9.47 Å². The quantitative estimate of drug-likeness (QED) is 0.783. The van der Waals surface area contributed by atoms with Crippen molar-refractivity contribution in [2.45, 2.75) is 65.9 Å². The highest BCUT2D eigenvalue weighted by Gasteiger charge is 2.32. The van der Waals surface area contributed by atoms with E-state index in [2.05, 4.69) is 25.8 Å². The van der Waals surface area contributed by atoms with Crippen molar-refractivity contribution in [3.63, 3.8) is 0 Å². The number of methoxy groups -OCH3 is 1. The van der Waals surface area contributed by atoms with Crippen LogP contribution in [-0.2, 0) is 0 Å². The van der Waals surface area contributed by atoms with Crippen LogP contribution in [0, 0.1) is 18.3 Å². The predicted octanol–water partition coefficient (Wildman–Crippen LogP) is 4.77. The first kappa shape index (κ1) is 16.1. The molecule has 0 unspecified atom stereocenters. The number of nitrogens with zero attached hydrogens (tertiary/aromatic N) is 1. The van der Waals surface area contributed by atoms with Gasteiger partial charge in [-0.1, -0.05) is 27.2 Å². The van der Waals surface area contributed by atoms with Crippen LogP contribution in [0.1, 0.15) is 58.6 Å². The van der Waals surface area contributed by atoms with Gasteiger partial charge in [0.05, 0.1) is 18.9 Å². The Morgan fingerprint density at radius 2 is 1.90 bits per heavy atom. The van der Waals surface area contributed by atoms with E-state index in [1.54, 1.807) is 13.3 Å². The molecular formula is C18H29NO2. The summed E-state index contributed by atoms with van der Waals surface area (Å²) in [7, 11) is 1.68. The maximum absolute atomic E-state index is 6.19. The van der Waals surface area contributed by atoms with E-state index < -0.39 is 0 Å². The molecule has 3 heteroatoms. The molecule has 1 fully saturated rings. The fourth-order valence-electron chi connectivity index (χ4n) is 3.30. The van der Waals surface area contributed by atoms with Gasteiger partial charge in [-0.05, 0) is 43.9 Å². The van der Waals surface area contributed by atoms with Crippen LogP contribution in [0.25, 0.3) is 0 Å². The SMILES string of the molecule is CCC(C)(C)C1CCC(Oc2ccnc(C)c2OC)CC1. The normalized spacial score (nSPS) is 22.9. The Morgan fingerprint density at radius 3 is 2.48 bits per heavy atom. The third-order valence-corrected chi connectivity index (χ3v) is 5.23. The standard InChI is InChI=1S/C18H29NO2/c1-6-18(3,4)14-7-9-15(10-8-14)21-16-11-12-19-13(2)17(16)20-5/h11-12,14-15H,6-10H2,1-5H3. The number of hydrogen-bond acceptors (Lipinski definition) is 3. The third-order valence-electron chi connectivity index (χ3n) is 5.23. The van der Waals surface area contributed by atoms with Gasteiger partial charge in [0, 0.05) is 12.3 Å². The van der Waals surface area contributed by atoms with Gasteiger partial charge in [-0.15, -0.1) is 0 Å². The van der Waals surface area contributed by atoms with Crippen LogP contribution >= 0.6 is 0 Å². The Hall–Kier alpha value is -1.25. The zero-order valence-corrected chi connectivity index (χ0v) is 14.1. The zero-order valence-electron chi connectivity index (χ0n) is 14.1. The van der Waals surface area contributed by atoms with Gasteiger partial charge < -0.3 is 9.47 Å². The van der Waals surface area contributed by atoms with Gasteiger partial charge in [0.15, 0.2) is 11.5 Å². The summed E-state index contributed by atoms with van der Waals surface area (Å²) in [6.45, 7) is 9.04. The van der Waals surface area contributed by atoms with Crippen molar-refractivity contribution < 1.29 is 9.47 Å². The molecule has 1 aromatic heterocycles. The first-order chi connectivity index (χ1) is 9.97. The molecule has 1 saturated carbocycles. The Morgan fingerprint density at radius 1 is 1.24 bits per heavy atom. The molecule has 0 radical (unpaired) electrons. The van der Waals surface area contributed by atoms with Crippen molar-refractivity contribution in [3.05, 3.63) is 18.0 Å². The van der Waals surface area contributed by atoms with Gasteiger partial charge in [-0.2, -0.15) is 0 Å². The summed E-state index contributed by atoms with van der Waals surface area (Å²) in [5.74, 6) is 2.43. The number of ether oxygens (including phenoxy) is 2. The largest absolute Gasteiger partial charge is 0.491 e. The maximum Gasteiger partial charge on any atom is 0.182 e. The Bertz CT molecular complexity index is 462. The summed E-state index contributed by atoms with van der Waals surface area (Å²) in [4.78, 5) is 4.25. The second-order valence-corrected chi connectivity index (χ2v) is 6.86. The second-order valence-electron chi connectivity index (χ2n) is 6.86. The van der Waals surface area contributed by atoms with E-state index in [-0.39, 0.29) is 0 Å². The average molecular weight is 291 g/mol. The van der Waals surface area contributed by atoms with Gasteiger partial charge in [-0.25, -0.2) is 0 Å². The molecule has 0 bridgehead atoms. The van der Waals surface area contributed by atoms with Crippen molar-refractivity contribution >= 4 is 0 Å². The second kappa shape index (κ2) is 6.67. The molecule has 1 heterocycles. The van der Waals surface area contributed by atoms with Crippen LogP contribution in [0.3, 0.4) is 0 Å². The highest BCUT2D eigenvalue weighted by Crippen LogP contribution is 2.41. The van der Waals surface area contributed by atoms with Gasteiger partial charge in [-0.3, -0.25) is 4.98 Å². The molecule has 0 N–H and O–H groups in total. The summed E-state index contributed by atoms with van der Waals surface area (Å²) in [6.07, 6.45) is 8.15. The summed E-state index contributed by atoms with van der Waals surface area (Å²) in [6, 6.07) is 1.91. The van der Waals surface area contributed by atoms with Crippen molar-refractivity contribution in [1.29, 1.82) is 0 Å². The molecule has 0 spiro atoms. The molecule has 1 aliphatic rings. The van der Waals surface area contributed by atoms with Crippen LogP contribution in [0.5, 0.6) is 11.5 Å². The van der Waals surface area contributed by atoms with Crippen molar-refractivity contribution in [2.75, 3.05) is 7.11 Å². The van der Waals surface area contributed by atoms with Crippen LogP contribution in [0.2, 0.25) is 0 Å². The maximum atomic E-state index is 6.19. The molecule has 0 aliphatic heterocycles. The topological polar surface area (TPSA) is 31.4 Å². The Labute approximate surface area is 129 Å². The monoisotopic (exact) mass is 291 g/mol. The van der Waals surface area contributed by atoms with Gasteiger partial charge in [0.2, 0.25) is 0 Å². The van der Waals surface area contributed by atoms with E-state index >= 15 is 0 Å². The molecular weight excluding hydrogens is 262 g/mol. The molecule has 118 valence electrons. The lowest BCUT2D eigenvalue weighted by Crippen LogP contribution is -2.31. The van der Waals surface area contributed by atoms with E-state index in [0.29, 0.717) is 11.5 Å². The Kier molecular flexibility index (Phi) is 5.13. The van der Waals surface area contributed by atoms with E-state index in [0.717, 1.165) is 36.0 Å². The zero-order chi connectivity index (χ0) is 15.5. The molecule has 0 amide bonds. The van der Waals surface area contributed by atoms with E-state index in [1.165, 1.54) is 19.3 Å². The molecule has 0 saturated heterocycles. The fraction of sp³-hybridized carbons (Fsp3) is 0.722. The van der Waals surface area contributed by atoms with Crippen molar-refractivity contribution in [3.8, 4) is 11.5 Å². The molecule has 1 aromatic rings. The van der Waals surface area contributed by atoms with Crippen molar-refractivity contribution in [1.82, 2.24) is 4.98 Å². The number of aromatic nitrogens is 1. The fourth-order valence-corrected chi connectivity index (χ4v) is 3.30. The summed E-state index contributed by atoms with van der Waals surface area (Å²) in [5, 5.41) is 0. The summed E-state index contributed by atoms with van der Waals surface area (Å²) >= 11 is 0. The predicted molar refractivity (Wildman–Crippen MR) is 86.0 cm³/mol. The summed E-state index contributed by atoms with van der Waals surface area (Å²) < 4.78 is 11.6. The number of rotatable bonds is 5. The number of hydrogen-bond donors (Lipinski definition) is 0. The molecule has 3 nitrogen and oxygen atoms in total. The first-order valence-corrected chi connectivity index (χ1v) is 8.14. The number of pyridine rings is 1. The highest BCUT2D eigenvalue weighted by atomic mass is 16.5. The van der Waals surface area contributed by atoms with Crippen molar-refractivity contribution in [2.24, 2.45) is 11.3 Å². The Balaban J connectivity index is 1.97. The smallest absolute Gasteiger partial charge is 0.182 e. The lowest BCUT2D eigenvalue weighted by Gasteiger charge is -2.38. The van der Waals surface area contributed by atoms with Crippen LogP contribution in [0.4, 0.5) is 0 Å². The lowest BCUT2D eigenvalue weighted by molar-refractivity contribution is 0.0761. The number of aryl methyl sites for hydroxylation is 1. The third kappa shape index (κ3) is 3.69. The minimum Gasteiger partial charge on any atom is -0.491 e. The van der Waals surface area contributed by atoms with E-state index in [1.807, 2.05) is 13.0 Å². The van der Waals surface area contributed by atoms with Gasteiger partial charge in [0.1, 0.15) is 0 Å². The first-order valence-electron chi connectivity index (χ1n) is 8.14. The van der Waals surface area contributed by atoms with Gasteiger partial charge in [0.25, 0.3) is 0 Å². The molecule has 2 rings (SSSR count). The molecule has 21 heavy (non-hydrogen) atoms. The highest BCUT2D eigenvalue weighted by molar-refractivity contribution is 5.42. The van der Waals surface area contributed by atoms with Crippen LogP contribution in [-0.4, -0.2) is 18.2 Å². The molecule has 0 aromatic carbocycles. The van der Waals surface area contributed by atoms with Crippen LogP contribution < -0.4 is 9.47 Å². The lowest BCUT2D eigenvalue weighted by atomic mass is 9.69. The average Bonchev–Trinajstić information content (AvgIpc) is 2.48. The minimum atomic E-state index is 0.310. The van der Waals surface area contributed by atoms with Gasteiger partial charge >= 0.3 is 0 Å². The minimum absolute atomic E-state index is 0.310. The summed E-state index contributed by atoms with van der Waals surface area (Å²) in [5.41, 5.74) is 1.34. The molecule has 1 aliphatic carbocycles.